The first kappa shape index (κ1) is 21.2. The maximum Gasteiger partial charge on any atom is 0.229 e. The average molecular weight is 451 g/mol. The molecule has 4 heterocycles. The van der Waals surface area contributed by atoms with Crippen LogP contribution < -0.4 is 16.0 Å². The van der Waals surface area contributed by atoms with Crippen LogP contribution in [0.15, 0.2) is 18.5 Å². The molecule has 8 nitrogen and oxygen atoms in total. The van der Waals surface area contributed by atoms with E-state index in [1.165, 1.54) is 6.20 Å². The second-order valence-electron chi connectivity index (χ2n) is 7.56. The molecule has 2 aromatic rings. The molecule has 0 saturated carbocycles. The number of nitrogens with zero attached hydrogens (tertiary/aromatic N) is 3. The molecule has 0 aliphatic carbocycles. The smallest absolute Gasteiger partial charge is 0.229 e. The molecule has 10 heteroatoms. The number of aromatic nitrogens is 3. The zero-order chi connectivity index (χ0) is 20.9. The topological polar surface area (TPSA) is 101 Å². The van der Waals surface area contributed by atoms with Crippen molar-refractivity contribution >= 4 is 40.7 Å². The largest absolute Gasteiger partial charge is 0.381 e. The Labute approximate surface area is 185 Å². The molecule has 2 fully saturated rings. The summed E-state index contributed by atoms with van der Waals surface area (Å²) < 4.78 is 5.40. The number of nitrogens with one attached hydrogen (secondary N) is 3. The van der Waals surface area contributed by atoms with Crippen LogP contribution in [0.2, 0.25) is 10.2 Å². The minimum atomic E-state index is -0.0650. The van der Waals surface area contributed by atoms with Gasteiger partial charge in [0.25, 0.3) is 0 Å². The Kier molecular flexibility index (Phi) is 6.99. The molecule has 0 unspecified atom stereocenters. The second kappa shape index (κ2) is 9.87. The molecule has 30 heavy (non-hydrogen) atoms. The molecule has 2 saturated heterocycles. The summed E-state index contributed by atoms with van der Waals surface area (Å²) in [5.74, 6) is 1.44. The SMILES string of the molecule is O=C(Nc1cc(-c2nc(NCC3CCOCC3)cnc2Cl)c(Cl)cn1)[C@@H]1CCNC1. The summed E-state index contributed by atoms with van der Waals surface area (Å²) in [6, 6.07) is 1.68. The van der Waals surface area contributed by atoms with Gasteiger partial charge in [-0.1, -0.05) is 23.2 Å². The molecule has 2 aromatic heterocycles. The van der Waals surface area contributed by atoms with Gasteiger partial charge >= 0.3 is 0 Å². The maximum absolute atomic E-state index is 12.4. The van der Waals surface area contributed by atoms with E-state index in [-0.39, 0.29) is 17.0 Å². The lowest BCUT2D eigenvalue weighted by Gasteiger charge is -2.22. The summed E-state index contributed by atoms with van der Waals surface area (Å²) >= 11 is 12.7. The van der Waals surface area contributed by atoms with Crippen LogP contribution in [0.3, 0.4) is 0 Å². The van der Waals surface area contributed by atoms with E-state index in [4.69, 9.17) is 27.9 Å². The second-order valence-corrected chi connectivity index (χ2v) is 8.32. The third-order valence-electron chi connectivity index (χ3n) is 5.43. The normalized spacial score (nSPS) is 19.6. The molecule has 1 atom stereocenters. The number of carbonyl (C=O) groups excluding carboxylic acids is 1. The number of ether oxygens (including phenoxy) is 1. The molecule has 0 bridgehead atoms. The maximum atomic E-state index is 12.4. The standard InChI is InChI=1S/C20H24Cl2N6O2/c21-15-10-25-16(28-20(29)13-1-4-23-9-13)7-14(15)18-19(22)26-11-17(27-18)24-8-12-2-5-30-6-3-12/h7,10-13,23H,1-6,8-9H2,(H,24,27)(H,25,28,29)/t13-/m1/s1. The van der Waals surface area contributed by atoms with Crippen LogP contribution in [-0.4, -0.2) is 53.7 Å². The van der Waals surface area contributed by atoms with Crippen LogP contribution in [0.1, 0.15) is 19.3 Å². The summed E-state index contributed by atoms with van der Waals surface area (Å²) in [4.78, 5) is 25.5. The molecule has 1 amide bonds. The Morgan fingerprint density at radius 1 is 1.17 bits per heavy atom. The van der Waals surface area contributed by atoms with Crippen molar-refractivity contribution in [2.24, 2.45) is 11.8 Å². The Bertz CT molecular complexity index is 901. The van der Waals surface area contributed by atoms with Gasteiger partial charge in [-0.25, -0.2) is 15.0 Å². The van der Waals surface area contributed by atoms with E-state index in [0.29, 0.717) is 40.4 Å². The highest BCUT2D eigenvalue weighted by molar-refractivity contribution is 6.35. The van der Waals surface area contributed by atoms with Gasteiger partial charge in [-0.15, -0.1) is 0 Å². The van der Waals surface area contributed by atoms with Crippen LogP contribution in [0, 0.1) is 11.8 Å². The van der Waals surface area contributed by atoms with Crippen LogP contribution >= 0.6 is 23.2 Å². The van der Waals surface area contributed by atoms with Gasteiger partial charge in [0, 0.05) is 38.1 Å². The predicted molar refractivity (Wildman–Crippen MR) is 117 cm³/mol. The van der Waals surface area contributed by atoms with Crippen LogP contribution in [-0.2, 0) is 9.53 Å². The Hall–Kier alpha value is -2.00. The van der Waals surface area contributed by atoms with Crippen LogP contribution in [0.5, 0.6) is 0 Å². The van der Waals surface area contributed by atoms with E-state index in [1.54, 1.807) is 12.3 Å². The lowest BCUT2D eigenvalue weighted by Crippen LogP contribution is -2.25. The highest BCUT2D eigenvalue weighted by Gasteiger charge is 2.23. The minimum absolute atomic E-state index is 0.0629. The van der Waals surface area contributed by atoms with Gasteiger partial charge < -0.3 is 20.7 Å². The van der Waals surface area contributed by atoms with Crippen molar-refractivity contribution in [2.75, 3.05) is 43.5 Å². The van der Waals surface area contributed by atoms with Crippen molar-refractivity contribution in [3.63, 3.8) is 0 Å². The monoisotopic (exact) mass is 450 g/mol. The fourth-order valence-electron chi connectivity index (χ4n) is 3.63. The lowest BCUT2D eigenvalue weighted by molar-refractivity contribution is -0.119. The van der Waals surface area contributed by atoms with Gasteiger partial charge in [-0.05, 0) is 37.8 Å². The van der Waals surface area contributed by atoms with Gasteiger partial charge in [0.05, 0.1) is 17.1 Å². The highest BCUT2D eigenvalue weighted by atomic mass is 35.5. The molecule has 3 N–H and O–H groups in total. The van der Waals surface area contributed by atoms with Crippen LogP contribution in [0.4, 0.5) is 11.6 Å². The number of hydrogen-bond donors (Lipinski definition) is 3. The summed E-state index contributed by atoms with van der Waals surface area (Å²) in [6.07, 6.45) is 5.95. The first-order valence-electron chi connectivity index (χ1n) is 10.1. The first-order valence-corrected chi connectivity index (χ1v) is 10.9. The number of amides is 1. The lowest BCUT2D eigenvalue weighted by atomic mass is 10.0. The fourth-order valence-corrected chi connectivity index (χ4v) is 4.01. The molecule has 160 valence electrons. The molecule has 2 aliphatic rings. The summed E-state index contributed by atoms with van der Waals surface area (Å²) in [5, 5.41) is 9.99. The zero-order valence-electron chi connectivity index (χ0n) is 16.5. The summed E-state index contributed by atoms with van der Waals surface area (Å²) in [5.41, 5.74) is 1.01. The number of anilines is 2. The molecule has 4 rings (SSSR count). The molecule has 0 aromatic carbocycles. The van der Waals surface area contributed by atoms with E-state index in [9.17, 15) is 4.79 Å². The number of rotatable bonds is 6. The number of halogens is 2. The quantitative estimate of drug-likeness (QED) is 0.620. The van der Waals surface area contributed by atoms with Crippen molar-refractivity contribution in [3.8, 4) is 11.3 Å². The van der Waals surface area contributed by atoms with Crippen molar-refractivity contribution < 1.29 is 9.53 Å². The van der Waals surface area contributed by atoms with Gasteiger partial charge in [0.15, 0.2) is 5.15 Å². The highest BCUT2D eigenvalue weighted by Crippen LogP contribution is 2.33. The molecule has 0 radical (unpaired) electrons. The third kappa shape index (κ3) is 5.18. The molecular formula is C20H24Cl2N6O2. The van der Waals surface area contributed by atoms with Crippen molar-refractivity contribution in [3.05, 3.63) is 28.6 Å². The fraction of sp³-hybridized carbons (Fsp3) is 0.500. The van der Waals surface area contributed by atoms with E-state index in [2.05, 4.69) is 30.9 Å². The van der Waals surface area contributed by atoms with Crippen molar-refractivity contribution in [1.29, 1.82) is 0 Å². The van der Waals surface area contributed by atoms with E-state index in [1.807, 2.05) is 0 Å². The minimum Gasteiger partial charge on any atom is -0.381 e. The van der Waals surface area contributed by atoms with E-state index < -0.39 is 0 Å². The number of pyridine rings is 1. The third-order valence-corrected chi connectivity index (χ3v) is 6.01. The van der Waals surface area contributed by atoms with Crippen LogP contribution in [0.25, 0.3) is 11.3 Å². The van der Waals surface area contributed by atoms with Gasteiger partial charge in [0.1, 0.15) is 17.3 Å². The first-order chi connectivity index (χ1) is 14.6. The Balaban J connectivity index is 1.51. The van der Waals surface area contributed by atoms with E-state index >= 15 is 0 Å². The average Bonchev–Trinajstić information content (AvgIpc) is 3.31. The zero-order valence-corrected chi connectivity index (χ0v) is 18.0. The molecule has 2 aliphatic heterocycles. The summed E-state index contributed by atoms with van der Waals surface area (Å²) in [7, 11) is 0. The number of hydrogen-bond acceptors (Lipinski definition) is 7. The van der Waals surface area contributed by atoms with Gasteiger partial charge in [-0.3, -0.25) is 4.79 Å². The predicted octanol–water partition coefficient (Wildman–Crippen LogP) is 3.23. The summed E-state index contributed by atoms with van der Waals surface area (Å²) in [6.45, 7) is 3.89. The van der Waals surface area contributed by atoms with Gasteiger partial charge in [0.2, 0.25) is 5.91 Å². The van der Waals surface area contributed by atoms with Crippen molar-refractivity contribution in [2.45, 2.75) is 19.3 Å². The van der Waals surface area contributed by atoms with Gasteiger partial charge in [-0.2, -0.15) is 0 Å². The van der Waals surface area contributed by atoms with E-state index in [0.717, 1.165) is 45.6 Å². The molecular weight excluding hydrogens is 427 g/mol. The number of carbonyl (C=O) groups is 1. The molecule has 0 spiro atoms. The van der Waals surface area contributed by atoms with Crippen molar-refractivity contribution in [1.82, 2.24) is 20.3 Å². The Morgan fingerprint density at radius 2 is 2.00 bits per heavy atom. The Morgan fingerprint density at radius 3 is 2.77 bits per heavy atom.